The third-order valence-corrected chi connectivity index (χ3v) is 8.87. The number of imidazole rings is 1. The van der Waals surface area contributed by atoms with Gasteiger partial charge in [-0.25, -0.2) is 9.97 Å². The average Bonchev–Trinajstić information content (AvgIpc) is 3.71. The lowest BCUT2D eigenvalue weighted by atomic mass is 10.1. The number of carbonyl (C=O) groups excluding carboxylic acids is 1. The molecule has 1 aromatic carbocycles. The lowest BCUT2D eigenvalue weighted by molar-refractivity contribution is -0.137. The molecule has 0 unspecified atom stereocenters. The number of hydrogen-bond acceptors (Lipinski definition) is 7. The van der Waals surface area contributed by atoms with Crippen LogP contribution in [0.25, 0.3) is 16.7 Å². The summed E-state index contributed by atoms with van der Waals surface area (Å²) in [6, 6.07) is 6.29. The summed E-state index contributed by atoms with van der Waals surface area (Å²) >= 11 is 0. The fourth-order valence-electron chi connectivity index (χ4n) is 6.44. The van der Waals surface area contributed by atoms with Crippen molar-refractivity contribution in [2.24, 2.45) is 0 Å². The molecule has 3 aliphatic rings. The number of anilines is 2. The number of fused-ring (bicyclic) bond motifs is 1. The van der Waals surface area contributed by atoms with Gasteiger partial charge in [-0.15, -0.1) is 0 Å². The van der Waals surface area contributed by atoms with Crippen molar-refractivity contribution in [2.75, 3.05) is 44.6 Å². The van der Waals surface area contributed by atoms with Crippen molar-refractivity contribution in [2.45, 2.75) is 50.9 Å². The van der Waals surface area contributed by atoms with Crippen LogP contribution in [0.2, 0.25) is 0 Å². The molecule has 3 fully saturated rings. The number of hydrogen-bond donors (Lipinski definition) is 2. The maximum atomic E-state index is 13.9. The lowest BCUT2D eigenvalue weighted by Gasteiger charge is -2.43. The van der Waals surface area contributed by atoms with Gasteiger partial charge in [-0.3, -0.25) is 9.69 Å². The number of nitrogens with one attached hydrogen (secondary N) is 2. The first-order valence-electron chi connectivity index (χ1n) is 14.9. The van der Waals surface area contributed by atoms with E-state index >= 15 is 0 Å². The third-order valence-electron chi connectivity index (χ3n) is 8.87. The summed E-state index contributed by atoms with van der Waals surface area (Å²) in [5, 5.41) is 7.05. The molecule has 1 saturated carbocycles. The molecule has 10 nitrogen and oxygen atoms in total. The van der Waals surface area contributed by atoms with Gasteiger partial charge in [0.15, 0.2) is 0 Å². The predicted molar refractivity (Wildman–Crippen MR) is 156 cm³/mol. The second-order valence-corrected chi connectivity index (χ2v) is 11.8. The highest BCUT2D eigenvalue weighted by molar-refractivity contribution is 5.98. The maximum Gasteiger partial charge on any atom is 0.416 e. The molecule has 226 valence electrons. The summed E-state index contributed by atoms with van der Waals surface area (Å²) in [6.45, 7) is 6.84. The molecule has 13 heteroatoms. The van der Waals surface area contributed by atoms with Gasteiger partial charge in [-0.05, 0) is 44.0 Å². The van der Waals surface area contributed by atoms with Crippen LogP contribution in [0.5, 0.6) is 0 Å². The molecule has 2 N–H and O–H groups in total. The Morgan fingerprint density at radius 3 is 2.42 bits per heavy atom. The van der Waals surface area contributed by atoms with E-state index in [0.717, 1.165) is 69.4 Å². The Morgan fingerprint density at radius 1 is 1.00 bits per heavy atom. The van der Waals surface area contributed by atoms with Gasteiger partial charge < -0.3 is 24.7 Å². The van der Waals surface area contributed by atoms with E-state index in [1.54, 1.807) is 30.0 Å². The Bertz CT molecular complexity index is 1640. The van der Waals surface area contributed by atoms with Crippen LogP contribution >= 0.6 is 0 Å². The van der Waals surface area contributed by atoms with Crippen molar-refractivity contribution < 1.29 is 18.0 Å². The molecule has 2 aliphatic heterocycles. The van der Waals surface area contributed by atoms with E-state index in [1.165, 1.54) is 6.33 Å². The van der Waals surface area contributed by atoms with Gasteiger partial charge in [0.05, 0.1) is 17.6 Å². The largest absolute Gasteiger partial charge is 0.416 e. The topological polar surface area (TPSA) is 96.1 Å². The van der Waals surface area contributed by atoms with Gasteiger partial charge in [0.1, 0.15) is 11.3 Å². The number of nitrogens with zero attached hydrogens (tertiary/aromatic N) is 7. The van der Waals surface area contributed by atoms with E-state index < -0.39 is 11.7 Å². The Labute approximate surface area is 246 Å². The highest BCUT2D eigenvalue weighted by atomic mass is 19.4. The first-order chi connectivity index (χ1) is 20.7. The van der Waals surface area contributed by atoms with Crippen LogP contribution in [0, 0.1) is 6.92 Å². The third kappa shape index (κ3) is 5.47. The minimum atomic E-state index is -4.54. The summed E-state index contributed by atoms with van der Waals surface area (Å²) in [5.41, 5.74) is 1.63. The second kappa shape index (κ2) is 10.9. The van der Waals surface area contributed by atoms with Crippen LogP contribution in [0.3, 0.4) is 0 Å². The molecule has 1 aliphatic carbocycles. The molecular weight excluding hydrogens is 559 g/mol. The van der Waals surface area contributed by atoms with E-state index in [1.807, 2.05) is 15.5 Å². The molecule has 3 aromatic heterocycles. The summed E-state index contributed by atoms with van der Waals surface area (Å²) in [7, 11) is 0. The summed E-state index contributed by atoms with van der Waals surface area (Å²) in [5.74, 6) is 0.155. The molecule has 0 atom stereocenters. The molecule has 2 saturated heterocycles. The number of amides is 1. The standard InChI is InChI=1S/C30H34F3N9O/c1-19-17-41(18-36-19)24-12-21(30(31,32)33)11-22(13-24)37-29-35-14-20-10-26(42(27(20)38-29)23-4-2-3-5-23)28(43)40-8-6-39(7-9-40)25-15-34-16-25/h10-14,17-18,23,25,34H,2-9,15-16H2,1H3,(H,35,37,38). The van der Waals surface area contributed by atoms with E-state index in [4.69, 9.17) is 4.98 Å². The van der Waals surface area contributed by atoms with E-state index in [-0.39, 0.29) is 23.6 Å². The number of piperazine rings is 1. The van der Waals surface area contributed by atoms with Crippen molar-refractivity contribution in [3.8, 4) is 5.69 Å². The molecular formula is C30H34F3N9O. The number of carbonyl (C=O) groups is 1. The van der Waals surface area contributed by atoms with Gasteiger partial charge >= 0.3 is 6.18 Å². The van der Waals surface area contributed by atoms with Crippen molar-refractivity contribution in [1.29, 1.82) is 0 Å². The molecule has 7 rings (SSSR count). The number of aromatic nitrogens is 5. The van der Waals surface area contributed by atoms with Gasteiger partial charge in [-0.2, -0.15) is 18.2 Å². The fourth-order valence-corrected chi connectivity index (χ4v) is 6.44. The first kappa shape index (κ1) is 27.8. The first-order valence-corrected chi connectivity index (χ1v) is 14.9. The van der Waals surface area contributed by atoms with E-state index in [0.29, 0.717) is 41.9 Å². The van der Waals surface area contributed by atoms with Crippen molar-refractivity contribution >= 4 is 28.6 Å². The van der Waals surface area contributed by atoms with Crippen molar-refractivity contribution in [3.63, 3.8) is 0 Å². The van der Waals surface area contributed by atoms with Gasteiger partial charge in [0.25, 0.3) is 5.91 Å². The Kier molecular flexibility index (Phi) is 7.08. The number of alkyl halides is 3. The number of benzene rings is 1. The van der Waals surface area contributed by atoms with Crippen LogP contribution in [0.4, 0.5) is 24.8 Å². The number of halogens is 3. The SMILES string of the molecule is Cc1cn(-c2cc(Nc3ncc4cc(C(=O)N5CCN(C6CNC6)CC5)n(C5CCCC5)c4n3)cc(C(F)(F)F)c2)cn1. The highest BCUT2D eigenvalue weighted by Crippen LogP contribution is 2.36. The average molecular weight is 594 g/mol. The van der Waals surface area contributed by atoms with Gasteiger partial charge in [-0.1, -0.05) is 12.8 Å². The summed E-state index contributed by atoms with van der Waals surface area (Å²) in [6.07, 6.45) is 4.28. The highest BCUT2D eigenvalue weighted by Gasteiger charge is 2.33. The molecule has 43 heavy (non-hydrogen) atoms. The summed E-state index contributed by atoms with van der Waals surface area (Å²) in [4.78, 5) is 31.6. The molecule has 0 bridgehead atoms. The minimum Gasteiger partial charge on any atom is -0.335 e. The van der Waals surface area contributed by atoms with Crippen molar-refractivity contribution in [1.82, 2.24) is 39.2 Å². The Balaban J connectivity index is 1.21. The Hall–Kier alpha value is -3.97. The monoisotopic (exact) mass is 593 g/mol. The maximum absolute atomic E-state index is 13.9. The number of rotatable bonds is 6. The van der Waals surface area contributed by atoms with E-state index in [2.05, 4.69) is 25.5 Å². The van der Waals surface area contributed by atoms with Crippen LogP contribution in [-0.4, -0.2) is 85.1 Å². The normalized spacial score (nSPS) is 18.8. The van der Waals surface area contributed by atoms with Crippen LogP contribution < -0.4 is 10.6 Å². The van der Waals surface area contributed by atoms with E-state index in [9.17, 15) is 18.0 Å². The zero-order valence-corrected chi connectivity index (χ0v) is 23.9. The quantitative estimate of drug-likeness (QED) is 0.339. The predicted octanol–water partition coefficient (Wildman–Crippen LogP) is 4.53. The van der Waals surface area contributed by atoms with Crippen molar-refractivity contribution in [3.05, 3.63) is 59.9 Å². The second-order valence-electron chi connectivity index (χ2n) is 11.8. The van der Waals surface area contributed by atoms with Crippen LogP contribution in [-0.2, 0) is 6.18 Å². The van der Waals surface area contributed by atoms with Gasteiger partial charge in [0.2, 0.25) is 5.95 Å². The minimum absolute atomic E-state index is 0.0102. The van der Waals surface area contributed by atoms with Crippen LogP contribution in [0.15, 0.2) is 43.0 Å². The fraction of sp³-hybridized carbons (Fsp3) is 0.467. The zero-order valence-electron chi connectivity index (χ0n) is 23.9. The molecule has 4 aromatic rings. The molecule has 5 heterocycles. The van der Waals surface area contributed by atoms with Gasteiger partial charge in [0, 0.05) is 80.5 Å². The molecule has 0 radical (unpaired) electrons. The molecule has 0 spiro atoms. The van der Waals surface area contributed by atoms with Crippen LogP contribution in [0.1, 0.15) is 53.5 Å². The Morgan fingerprint density at radius 2 is 1.77 bits per heavy atom. The molecule has 1 amide bonds. The smallest absolute Gasteiger partial charge is 0.335 e. The summed E-state index contributed by atoms with van der Waals surface area (Å²) < 4.78 is 45.1. The zero-order chi connectivity index (χ0) is 29.7. The lowest BCUT2D eigenvalue weighted by Crippen LogP contribution is -2.62. The number of aryl methyl sites for hydroxylation is 1.